The summed E-state index contributed by atoms with van der Waals surface area (Å²) in [7, 11) is 1.62. The smallest absolute Gasteiger partial charge is 0.191 e. The van der Waals surface area contributed by atoms with Crippen LogP contribution in [0.25, 0.3) is 0 Å². The molecule has 0 aliphatic carbocycles. The number of guanidine groups is 1. The van der Waals surface area contributed by atoms with E-state index in [1.807, 2.05) is 41.9 Å². The Morgan fingerprint density at radius 3 is 2.77 bits per heavy atom. The molecule has 0 saturated heterocycles. The highest BCUT2D eigenvalue weighted by Crippen LogP contribution is 2.23. The molecule has 0 radical (unpaired) electrons. The number of rotatable bonds is 8. The van der Waals surface area contributed by atoms with Crippen molar-refractivity contribution in [3.8, 4) is 5.75 Å². The van der Waals surface area contributed by atoms with E-state index in [-0.39, 0.29) is 6.54 Å². The van der Waals surface area contributed by atoms with Gasteiger partial charge in [0.2, 0.25) is 0 Å². The highest BCUT2D eigenvalue weighted by molar-refractivity contribution is 7.08. The number of hydrogen-bond donors (Lipinski definition) is 3. The minimum Gasteiger partial charge on any atom is -0.497 e. The van der Waals surface area contributed by atoms with Gasteiger partial charge >= 0.3 is 0 Å². The third-order valence-corrected chi connectivity index (χ3v) is 5.01. The first-order valence-corrected chi connectivity index (χ1v) is 9.88. The average Bonchev–Trinajstić information content (AvgIpc) is 3.16. The highest BCUT2D eigenvalue weighted by atomic mass is 35.5. The molecule has 0 aliphatic rings. The molecule has 3 N–H and O–H groups in total. The van der Waals surface area contributed by atoms with E-state index in [9.17, 15) is 5.11 Å². The number of aliphatic hydroxyl groups is 1. The topological polar surface area (TPSA) is 65.9 Å². The first-order chi connectivity index (χ1) is 12.5. The molecule has 0 saturated carbocycles. The lowest BCUT2D eigenvalue weighted by atomic mass is 10.00. The van der Waals surface area contributed by atoms with E-state index in [0.717, 1.165) is 29.8 Å². The van der Waals surface area contributed by atoms with Crippen molar-refractivity contribution in [2.24, 2.45) is 4.99 Å². The molecule has 7 heteroatoms. The van der Waals surface area contributed by atoms with Crippen LogP contribution in [0, 0.1) is 0 Å². The molecule has 1 atom stereocenters. The van der Waals surface area contributed by atoms with Gasteiger partial charge < -0.3 is 20.5 Å². The molecule has 2 rings (SSSR count). The normalized spacial score (nSPS) is 14.0. The third-order valence-electron chi connectivity index (χ3n) is 3.98. The largest absolute Gasteiger partial charge is 0.497 e. The number of aliphatic imine (C=N–C) groups is 1. The summed E-state index contributed by atoms with van der Waals surface area (Å²) in [5.74, 6) is 1.42. The van der Waals surface area contributed by atoms with Gasteiger partial charge in [-0.3, -0.25) is 0 Å². The van der Waals surface area contributed by atoms with Crippen LogP contribution in [0.4, 0.5) is 0 Å². The number of nitrogens with one attached hydrogen (secondary N) is 2. The van der Waals surface area contributed by atoms with Crippen LogP contribution in [0.5, 0.6) is 5.75 Å². The van der Waals surface area contributed by atoms with Crippen molar-refractivity contribution in [2.45, 2.75) is 25.9 Å². The lowest BCUT2D eigenvalue weighted by molar-refractivity contribution is 0.0677. The van der Waals surface area contributed by atoms with E-state index in [1.54, 1.807) is 25.4 Å². The van der Waals surface area contributed by atoms with Gasteiger partial charge in [-0.1, -0.05) is 17.7 Å². The van der Waals surface area contributed by atoms with E-state index in [0.29, 0.717) is 17.5 Å². The van der Waals surface area contributed by atoms with Gasteiger partial charge in [0, 0.05) is 18.1 Å². The number of methoxy groups -OCH3 is 1. The molecule has 0 aliphatic heterocycles. The zero-order chi connectivity index (χ0) is 19.0. The van der Waals surface area contributed by atoms with E-state index in [1.165, 1.54) is 0 Å². The minimum absolute atomic E-state index is 0.280. The van der Waals surface area contributed by atoms with Crippen molar-refractivity contribution in [1.29, 1.82) is 0 Å². The molecule has 0 amide bonds. The SMILES string of the molecule is CCNC(=NCC(C)(O)c1ccsc1)NCCc1ccc(OC)cc1Cl. The Bertz CT molecular complexity index is 718. The maximum Gasteiger partial charge on any atom is 0.191 e. The fourth-order valence-corrected chi connectivity index (χ4v) is 3.46. The molecule has 5 nitrogen and oxygen atoms in total. The molecular formula is C19H26ClN3O2S. The Hall–Kier alpha value is -1.76. The van der Waals surface area contributed by atoms with Crippen molar-refractivity contribution in [3.63, 3.8) is 0 Å². The summed E-state index contributed by atoms with van der Waals surface area (Å²) in [6.07, 6.45) is 0.758. The molecule has 2 aromatic rings. The Morgan fingerprint density at radius 2 is 2.15 bits per heavy atom. The monoisotopic (exact) mass is 395 g/mol. The summed E-state index contributed by atoms with van der Waals surface area (Å²) < 4.78 is 5.17. The fourth-order valence-electron chi connectivity index (χ4n) is 2.41. The molecule has 26 heavy (non-hydrogen) atoms. The lowest BCUT2D eigenvalue weighted by Gasteiger charge is -2.21. The van der Waals surface area contributed by atoms with Crippen molar-refractivity contribution >= 4 is 28.9 Å². The Kier molecular flexibility index (Phi) is 7.75. The minimum atomic E-state index is -0.984. The van der Waals surface area contributed by atoms with Gasteiger partial charge in [0.25, 0.3) is 0 Å². The van der Waals surface area contributed by atoms with Gasteiger partial charge in [-0.05, 0) is 60.4 Å². The first-order valence-electron chi connectivity index (χ1n) is 8.56. The second-order valence-corrected chi connectivity index (χ2v) is 7.30. The first kappa shape index (κ1) is 20.6. The molecular weight excluding hydrogens is 370 g/mol. The maximum atomic E-state index is 10.6. The van der Waals surface area contributed by atoms with E-state index >= 15 is 0 Å². The van der Waals surface area contributed by atoms with Crippen LogP contribution in [0.2, 0.25) is 5.02 Å². The van der Waals surface area contributed by atoms with E-state index in [2.05, 4.69) is 15.6 Å². The summed E-state index contributed by atoms with van der Waals surface area (Å²) in [4.78, 5) is 4.52. The average molecular weight is 396 g/mol. The standard InChI is InChI=1S/C19H26ClN3O2S/c1-4-21-18(23-13-19(2,24)15-8-10-26-12-15)22-9-7-14-5-6-16(25-3)11-17(14)20/h5-6,8,10-12,24H,4,7,9,13H2,1-3H3,(H2,21,22,23). The second kappa shape index (κ2) is 9.80. The van der Waals surface area contributed by atoms with Crippen molar-refractivity contribution in [1.82, 2.24) is 10.6 Å². The quantitative estimate of drug-likeness (QED) is 0.473. The predicted octanol–water partition coefficient (Wildman–Crippen LogP) is 3.42. The molecule has 1 unspecified atom stereocenters. The molecule has 1 aromatic heterocycles. The van der Waals surface area contributed by atoms with Crippen LogP contribution in [-0.2, 0) is 12.0 Å². The summed E-state index contributed by atoms with van der Waals surface area (Å²) in [5.41, 5.74) is 0.940. The molecule has 142 valence electrons. The third kappa shape index (κ3) is 5.90. The van der Waals surface area contributed by atoms with Gasteiger partial charge in [0.1, 0.15) is 11.4 Å². The van der Waals surface area contributed by atoms with Crippen LogP contribution in [-0.4, -0.2) is 37.8 Å². The van der Waals surface area contributed by atoms with Gasteiger partial charge in [-0.15, -0.1) is 0 Å². The van der Waals surface area contributed by atoms with Crippen LogP contribution in [0.1, 0.15) is 25.0 Å². The van der Waals surface area contributed by atoms with Crippen molar-refractivity contribution < 1.29 is 9.84 Å². The number of nitrogens with zero attached hydrogens (tertiary/aromatic N) is 1. The van der Waals surface area contributed by atoms with Gasteiger partial charge in [0.15, 0.2) is 5.96 Å². The van der Waals surface area contributed by atoms with E-state index in [4.69, 9.17) is 16.3 Å². The lowest BCUT2D eigenvalue weighted by Crippen LogP contribution is -2.39. The predicted molar refractivity (Wildman–Crippen MR) is 110 cm³/mol. The number of benzene rings is 1. The van der Waals surface area contributed by atoms with Crippen LogP contribution < -0.4 is 15.4 Å². The van der Waals surface area contributed by atoms with Crippen LogP contribution in [0.15, 0.2) is 40.0 Å². The Labute approximate surface area is 164 Å². The number of halogens is 1. The van der Waals surface area contributed by atoms with Crippen LogP contribution >= 0.6 is 22.9 Å². The summed E-state index contributed by atoms with van der Waals surface area (Å²) >= 11 is 7.84. The Balaban J connectivity index is 1.93. The zero-order valence-corrected chi connectivity index (χ0v) is 17.0. The summed E-state index contributed by atoms with van der Waals surface area (Å²) in [5, 5.41) is 21.7. The molecule has 0 spiro atoms. The highest BCUT2D eigenvalue weighted by Gasteiger charge is 2.23. The molecule has 0 fully saturated rings. The van der Waals surface area contributed by atoms with Crippen molar-refractivity contribution in [2.75, 3.05) is 26.7 Å². The van der Waals surface area contributed by atoms with Gasteiger partial charge in [-0.25, -0.2) is 4.99 Å². The fraction of sp³-hybridized carbons (Fsp3) is 0.421. The summed E-state index contributed by atoms with van der Waals surface area (Å²) in [6, 6.07) is 7.60. The molecule has 1 heterocycles. The number of ether oxygens (including phenoxy) is 1. The van der Waals surface area contributed by atoms with Gasteiger partial charge in [-0.2, -0.15) is 11.3 Å². The number of thiophene rings is 1. The molecule has 0 bridgehead atoms. The van der Waals surface area contributed by atoms with E-state index < -0.39 is 5.60 Å². The van der Waals surface area contributed by atoms with Crippen molar-refractivity contribution in [3.05, 3.63) is 51.2 Å². The summed E-state index contributed by atoms with van der Waals surface area (Å²) in [6.45, 7) is 5.49. The Morgan fingerprint density at radius 1 is 1.35 bits per heavy atom. The number of hydrogen-bond acceptors (Lipinski definition) is 4. The zero-order valence-electron chi connectivity index (χ0n) is 15.4. The molecule has 1 aromatic carbocycles. The maximum absolute atomic E-state index is 10.6. The second-order valence-electron chi connectivity index (χ2n) is 6.12. The van der Waals surface area contributed by atoms with Gasteiger partial charge in [0.05, 0.1) is 13.7 Å². The van der Waals surface area contributed by atoms with Crippen LogP contribution in [0.3, 0.4) is 0 Å².